The minimum atomic E-state index is -0.0901. The van der Waals surface area contributed by atoms with Crippen molar-refractivity contribution in [2.45, 2.75) is 25.2 Å². The molecule has 192 valence electrons. The lowest BCUT2D eigenvalue weighted by molar-refractivity contribution is 0.516. The summed E-state index contributed by atoms with van der Waals surface area (Å²) < 4.78 is 16.5. The lowest BCUT2D eigenvalue weighted by Gasteiger charge is -2.26. The maximum absolute atomic E-state index is 14.8. The van der Waals surface area contributed by atoms with E-state index in [1.165, 1.54) is 0 Å². The molecule has 2 aromatic carbocycles. The van der Waals surface area contributed by atoms with Crippen molar-refractivity contribution < 1.29 is 4.39 Å². The molecule has 1 saturated heterocycles. The van der Waals surface area contributed by atoms with Crippen LogP contribution in [0.5, 0.6) is 0 Å². The second kappa shape index (κ2) is 8.63. The Morgan fingerprint density at radius 2 is 2.00 bits per heavy atom. The van der Waals surface area contributed by atoms with E-state index in [4.69, 9.17) is 21.6 Å². The van der Waals surface area contributed by atoms with Gasteiger partial charge in [0.25, 0.3) is 0 Å². The van der Waals surface area contributed by atoms with E-state index in [9.17, 15) is 4.39 Å². The summed E-state index contributed by atoms with van der Waals surface area (Å²) in [7, 11) is 1.89. The first-order valence-corrected chi connectivity index (χ1v) is 13.4. The van der Waals surface area contributed by atoms with Crippen LogP contribution >= 0.6 is 11.6 Å². The number of piperidine rings is 1. The highest BCUT2D eigenvalue weighted by atomic mass is 35.5. The molecule has 5 aromatic rings. The number of hydrogen-bond donors (Lipinski definition) is 1. The van der Waals surface area contributed by atoms with Crippen LogP contribution in [0.4, 0.5) is 10.2 Å². The van der Waals surface area contributed by atoms with Crippen LogP contribution in [0.25, 0.3) is 33.5 Å². The number of benzene rings is 2. The van der Waals surface area contributed by atoms with Crippen LogP contribution in [-0.4, -0.2) is 43.0 Å². The van der Waals surface area contributed by atoms with Gasteiger partial charge in [-0.2, -0.15) is 10.2 Å². The fourth-order valence-electron chi connectivity index (χ4n) is 6.73. The average molecular weight is 528 g/mol. The van der Waals surface area contributed by atoms with Crippen LogP contribution in [0, 0.1) is 17.7 Å². The standard InChI is InChI=1S/C29H27ClFN7/c1-3-29(21-6-4-5-7-24(21)31)20-10-11-38(16-22(20)29)25-14-32-27-26(35-36-28(27)34-25)19-9-8-17(12-23(19)30)18-13-33-37(2)15-18/h4-9,12-15,20,22H,3,10-11,16H2,1-2H3,(H,34,35,36)/t20-,22+,29-/m1/s1. The van der Waals surface area contributed by atoms with Gasteiger partial charge in [0, 0.05) is 42.9 Å². The van der Waals surface area contributed by atoms with Crippen LogP contribution < -0.4 is 4.90 Å². The molecular weight excluding hydrogens is 501 g/mol. The summed E-state index contributed by atoms with van der Waals surface area (Å²) in [5.41, 5.74) is 5.57. The quantitative estimate of drug-likeness (QED) is 0.302. The molecule has 2 aliphatic rings. The third-order valence-corrected chi connectivity index (χ3v) is 8.95. The fourth-order valence-corrected chi connectivity index (χ4v) is 7.01. The average Bonchev–Trinajstić information content (AvgIpc) is 3.17. The number of aryl methyl sites for hydroxylation is 1. The summed E-state index contributed by atoms with van der Waals surface area (Å²) in [6.45, 7) is 3.89. The van der Waals surface area contributed by atoms with Crippen LogP contribution in [0.3, 0.4) is 0 Å². The van der Waals surface area contributed by atoms with Crippen LogP contribution in [0.2, 0.25) is 5.02 Å². The van der Waals surface area contributed by atoms with Crippen molar-refractivity contribution in [2.75, 3.05) is 18.0 Å². The Labute approximate surface area is 224 Å². The third-order valence-electron chi connectivity index (χ3n) is 8.64. The number of halogens is 2. The van der Waals surface area contributed by atoms with Gasteiger partial charge in [-0.1, -0.05) is 48.9 Å². The number of nitrogens with one attached hydrogen (secondary N) is 1. The minimum Gasteiger partial charge on any atom is -0.355 e. The largest absolute Gasteiger partial charge is 0.355 e. The lowest BCUT2D eigenvalue weighted by Crippen LogP contribution is -2.32. The molecule has 7 rings (SSSR count). The normalized spacial score (nSPS) is 22.6. The summed E-state index contributed by atoms with van der Waals surface area (Å²) in [5.74, 6) is 1.62. The molecule has 1 N–H and O–H groups in total. The van der Waals surface area contributed by atoms with Crippen LogP contribution in [0.1, 0.15) is 25.3 Å². The molecule has 3 aromatic heterocycles. The highest BCUT2D eigenvalue weighted by Gasteiger charge is 2.65. The number of fused-ring (bicyclic) bond motifs is 2. The predicted octanol–water partition coefficient (Wildman–Crippen LogP) is 6.02. The zero-order chi connectivity index (χ0) is 26.0. The predicted molar refractivity (Wildman–Crippen MR) is 147 cm³/mol. The fraction of sp³-hybridized carbons (Fsp3) is 0.310. The van der Waals surface area contributed by atoms with E-state index in [0.29, 0.717) is 28.0 Å². The first kappa shape index (κ1) is 23.3. The summed E-state index contributed by atoms with van der Waals surface area (Å²) in [6.07, 6.45) is 7.53. The van der Waals surface area contributed by atoms with E-state index in [1.54, 1.807) is 16.8 Å². The summed E-state index contributed by atoms with van der Waals surface area (Å²) in [5, 5.41) is 12.4. The molecule has 38 heavy (non-hydrogen) atoms. The molecule has 1 aliphatic carbocycles. The maximum atomic E-state index is 14.8. The van der Waals surface area contributed by atoms with Gasteiger partial charge in [0.2, 0.25) is 5.65 Å². The summed E-state index contributed by atoms with van der Waals surface area (Å²) in [4.78, 5) is 11.9. The van der Waals surface area contributed by atoms with Crippen molar-refractivity contribution in [2.24, 2.45) is 18.9 Å². The van der Waals surface area contributed by atoms with Gasteiger partial charge in [-0.25, -0.2) is 14.4 Å². The van der Waals surface area contributed by atoms with Crippen molar-refractivity contribution in [3.63, 3.8) is 0 Å². The number of anilines is 1. The molecule has 2 fully saturated rings. The third kappa shape index (κ3) is 3.46. The highest BCUT2D eigenvalue weighted by molar-refractivity contribution is 6.33. The molecule has 3 atom stereocenters. The van der Waals surface area contributed by atoms with Gasteiger partial charge in [-0.3, -0.25) is 9.78 Å². The van der Waals surface area contributed by atoms with E-state index >= 15 is 0 Å². The lowest BCUT2D eigenvalue weighted by atomic mass is 9.88. The molecule has 0 unspecified atom stereocenters. The number of rotatable bonds is 5. The molecule has 1 aliphatic heterocycles. The first-order chi connectivity index (χ1) is 18.5. The second-order valence-electron chi connectivity index (χ2n) is 10.4. The number of aromatic amines is 1. The molecule has 1 saturated carbocycles. The van der Waals surface area contributed by atoms with Gasteiger partial charge in [-0.15, -0.1) is 0 Å². The SMILES string of the molecule is CC[C@]1(c2ccccc2F)[C@@H]2CCN(c3cnc4c(-c5ccc(-c6cnn(C)c6)cc5Cl)[nH]nc4n3)C[C@@H]21. The second-order valence-corrected chi connectivity index (χ2v) is 10.8. The van der Waals surface area contributed by atoms with E-state index in [1.807, 2.05) is 56.0 Å². The van der Waals surface area contributed by atoms with Gasteiger partial charge in [0.1, 0.15) is 17.2 Å². The van der Waals surface area contributed by atoms with Crippen LogP contribution in [-0.2, 0) is 12.5 Å². The molecule has 0 spiro atoms. The van der Waals surface area contributed by atoms with Gasteiger partial charge in [0.05, 0.1) is 23.1 Å². The van der Waals surface area contributed by atoms with Gasteiger partial charge < -0.3 is 4.90 Å². The monoisotopic (exact) mass is 527 g/mol. The smallest absolute Gasteiger partial charge is 0.202 e. The van der Waals surface area contributed by atoms with E-state index in [0.717, 1.165) is 59.7 Å². The van der Waals surface area contributed by atoms with Gasteiger partial charge >= 0.3 is 0 Å². The molecule has 0 radical (unpaired) electrons. The van der Waals surface area contributed by atoms with E-state index < -0.39 is 0 Å². The zero-order valence-corrected chi connectivity index (χ0v) is 22.0. The Bertz CT molecular complexity index is 1680. The summed E-state index contributed by atoms with van der Waals surface area (Å²) >= 11 is 6.70. The number of hydrogen-bond acceptors (Lipinski definition) is 5. The zero-order valence-electron chi connectivity index (χ0n) is 21.2. The Morgan fingerprint density at radius 1 is 1.13 bits per heavy atom. The Morgan fingerprint density at radius 3 is 2.76 bits per heavy atom. The maximum Gasteiger partial charge on any atom is 0.202 e. The van der Waals surface area contributed by atoms with Crippen molar-refractivity contribution in [3.8, 4) is 22.4 Å². The van der Waals surface area contributed by atoms with E-state index in [-0.39, 0.29) is 11.2 Å². The number of nitrogens with zero attached hydrogens (tertiary/aromatic N) is 6. The highest BCUT2D eigenvalue weighted by Crippen LogP contribution is 2.65. The topological polar surface area (TPSA) is 75.5 Å². The molecule has 0 amide bonds. The molecule has 7 nitrogen and oxygen atoms in total. The van der Waals surface area contributed by atoms with Crippen LogP contribution in [0.15, 0.2) is 61.1 Å². The van der Waals surface area contributed by atoms with E-state index in [2.05, 4.69) is 27.1 Å². The van der Waals surface area contributed by atoms with Crippen molar-refractivity contribution in [3.05, 3.63) is 77.5 Å². The number of H-pyrrole nitrogens is 1. The Hall–Kier alpha value is -3.78. The Balaban J connectivity index is 1.16. The van der Waals surface area contributed by atoms with Crippen molar-refractivity contribution in [1.29, 1.82) is 0 Å². The molecular formula is C29H27ClFN7. The Kier molecular flexibility index (Phi) is 5.30. The van der Waals surface area contributed by atoms with Gasteiger partial charge in [-0.05, 0) is 47.9 Å². The van der Waals surface area contributed by atoms with Crippen molar-refractivity contribution >= 4 is 28.6 Å². The molecule has 9 heteroatoms. The van der Waals surface area contributed by atoms with Gasteiger partial charge in [0.15, 0.2) is 0 Å². The van der Waals surface area contributed by atoms with Crippen molar-refractivity contribution in [1.82, 2.24) is 29.9 Å². The minimum absolute atomic E-state index is 0.0874. The molecule has 4 heterocycles. The first-order valence-electron chi connectivity index (χ1n) is 13.0. The number of aromatic nitrogens is 6. The summed E-state index contributed by atoms with van der Waals surface area (Å²) in [6, 6.07) is 13.2. The molecule has 0 bridgehead atoms.